The van der Waals surface area contributed by atoms with Crippen molar-refractivity contribution in [2.75, 3.05) is 13.2 Å². The van der Waals surface area contributed by atoms with Gasteiger partial charge in [0.15, 0.2) is 0 Å². The standard InChI is InChI=1S/C16H22F3NO/c1-12-2-6-14(7-3-12)20-10-11-21-15-8-4-13(5-9-15)16(17,18)19/h4-5,8-9,12,14,20H,2-3,6-7,10-11H2,1H3. The van der Waals surface area contributed by atoms with Crippen LogP contribution in [-0.4, -0.2) is 19.2 Å². The lowest BCUT2D eigenvalue weighted by molar-refractivity contribution is -0.137. The highest BCUT2D eigenvalue weighted by atomic mass is 19.4. The number of ether oxygens (including phenoxy) is 1. The van der Waals surface area contributed by atoms with E-state index in [0.717, 1.165) is 24.6 Å². The zero-order valence-corrected chi connectivity index (χ0v) is 12.2. The monoisotopic (exact) mass is 301 g/mol. The SMILES string of the molecule is CC1CCC(NCCOc2ccc(C(F)(F)F)cc2)CC1. The topological polar surface area (TPSA) is 21.3 Å². The lowest BCUT2D eigenvalue weighted by Gasteiger charge is -2.27. The number of halogens is 3. The molecule has 1 aromatic carbocycles. The molecule has 0 saturated heterocycles. The summed E-state index contributed by atoms with van der Waals surface area (Å²) in [5.74, 6) is 1.30. The molecule has 21 heavy (non-hydrogen) atoms. The van der Waals surface area contributed by atoms with Crippen molar-refractivity contribution in [1.29, 1.82) is 0 Å². The van der Waals surface area contributed by atoms with E-state index in [1.807, 2.05) is 0 Å². The van der Waals surface area contributed by atoms with Gasteiger partial charge in [0.1, 0.15) is 12.4 Å². The summed E-state index contributed by atoms with van der Waals surface area (Å²) in [4.78, 5) is 0. The van der Waals surface area contributed by atoms with Crippen LogP contribution in [0.3, 0.4) is 0 Å². The molecule has 0 aromatic heterocycles. The molecule has 1 aliphatic carbocycles. The first-order chi connectivity index (χ1) is 9.95. The van der Waals surface area contributed by atoms with Crippen molar-refractivity contribution in [1.82, 2.24) is 5.32 Å². The molecule has 118 valence electrons. The highest BCUT2D eigenvalue weighted by molar-refractivity contribution is 5.28. The van der Waals surface area contributed by atoms with Gasteiger partial charge in [0.2, 0.25) is 0 Å². The normalized spacial score (nSPS) is 23.0. The molecule has 2 rings (SSSR count). The second-order valence-corrected chi connectivity index (χ2v) is 5.78. The van der Waals surface area contributed by atoms with Crippen LogP contribution in [0, 0.1) is 5.92 Å². The molecule has 0 bridgehead atoms. The Morgan fingerprint density at radius 2 is 1.71 bits per heavy atom. The van der Waals surface area contributed by atoms with Crippen molar-refractivity contribution >= 4 is 0 Å². The van der Waals surface area contributed by atoms with E-state index in [1.54, 1.807) is 0 Å². The fourth-order valence-electron chi connectivity index (χ4n) is 2.64. The summed E-state index contributed by atoms with van der Waals surface area (Å²) in [5.41, 5.74) is -0.649. The fourth-order valence-corrected chi connectivity index (χ4v) is 2.64. The molecule has 0 spiro atoms. The van der Waals surface area contributed by atoms with Gasteiger partial charge in [-0.2, -0.15) is 13.2 Å². The molecule has 2 nitrogen and oxygen atoms in total. The third kappa shape index (κ3) is 5.23. The molecule has 1 aromatic rings. The van der Waals surface area contributed by atoms with Crippen molar-refractivity contribution in [3.63, 3.8) is 0 Å². The number of alkyl halides is 3. The molecule has 5 heteroatoms. The average molecular weight is 301 g/mol. The predicted octanol–water partition coefficient (Wildman–Crippen LogP) is 4.25. The molecule has 0 heterocycles. The van der Waals surface area contributed by atoms with Crippen LogP contribution in [0.15, 0.2) is 24.3 Å². The molecule has 0 aliphatic heterocycles. The van der Waals surface area contributed by atoms with Crippen LogP contribution in [-0.2, 0) is 6.18 Å². The summed E-state index contributed by atoms with van der Waals surface area (Å²) in [7, 11) is 0. The third-order valence-electron chi connectivity index (χ3n) is 4.00. The summed E-state index contributed by atoms with van der Waals surface area (Å²) in [5, 5.41) is 3.44. The van der Waals surface area contributed by atoms with Gasteiger partial charge in [-0.25, -0.2) is 0 Å². The minimum atomic E-state index is -4.29. The van der Waals surface area contributed by atoms with Crippen molar-refractivity contribution in [2.45, 2.75) is 44.8 Å². The van der Waals surface area contributed by atoms with Crippen LogP contribution in [0.2, 0.25) is 0 Å². The van der Waals surface area contributed by atoms with Crippen LogP contribution in [0.25, 0.3) is 0 Å². The Kier molecular flexibility index (Phi) is 5.51. The van der Waals surface area contributed by atoms with Gasteiger partial charge < -0.3 is 10.1 Å². The van der Waals surface area contributed by atoms with Crippen molar-refractivity contribution < 1.29 is 17.9 Å². The molecule has 0 radical (unpaired) electrons. The quantitative estimate of drug-likeness (QED) is 0.821. The maximum Gasteiger partial charge on any atom is 0.416 e. The largest absolute Gasteiger partial charge is 0.492 e. The van der Waals surface area contributed by atoms with E-state index < -0.39 is 11.7 Å². The van der Waals surface area contributed by atoms with Gasteiger partial charge >= 0.3 is 6.18 Å². The zero-order valence-electron chi connectivity index (χ0n) is 12.2. The molecule has 0 atom stereocenters. The molecule has 1 aliphatic rings. The highest BCUT2D eigenvalue weighted by Crippen LogP contribution is 2.30. The van der Waals surface area contributed by atoms with Crippen molar-refractivity contribution in [3.05, 3.63) is 29.8 Å². The molecule has 1 N–H and O–H groups in total. The first-order valence-corrected chi connectivity index (χ1v) is 7.48. The zero-order chi connectivity index (χ0) is 15.3. The maximum atomic E-state index is 12.4. The minimum Gasteiger partial charge on any atom is -0.492 e. The highest BCUT2D eigenvalue weighted by Gasteiger charge is 2.30. The van der Waals surface area contributed by atoms with Gasteiger partial charge in [0.05, 0.1) is 5.56 Å². The Bertz CT molecular complexity index is 422. The minimum absolute atomic E-state index is 0.470. The summed E-state index contributed by atoms with van der Waals surface area (Å²) in [6.45, 7) is 3.47. The van der Waals surface area contributed by atoms with Gasteiger partial charge in [0, 0.05) is 12.6 Å². The first kappa shape index (κ1) is 16.1. The Labute approximate surface area is 123 Å². The number of rotatable bonds is 5. The van der Waals surface area contributed by atoms with Gasteiger partial charge in [-0.1, -0.05) is 6.92 Å². The second-order valence-electron chi connectivity index (χ2n) is 5.78. The second kappa shape index (κ2) is 7.16. The maximum absolute atomic E-state index is 12.4. The van der Waals surface area contributed by atoms with Crippen LogP contribution < -0.4 is 10.1 Å². The first-order valence-electron chi connectivity index (χ1n) is 7.48. The lowest BCUT2D eigenvalue weighted by Crippen LogP contribution is -2.35. The average Bonchev–Trinajstić information content (AvgIpc) is 2.45. The molecule has 1 fully saturated rings. The van der Waals surface area contributed by atoms with Gasteiger partial charge in [-0.15, -0.1) is 0 Å². The third-order valence-corrected chi connectivity index (χ3v) is 4.00. The van der Waals surface area contributed by atoms with Crippen LogP contribution in [0.4, 0.5) is 13.2 Å². The van der Waals surface area contributed by atoms with Crippen LogP contribution in [0.1, 0.15) is 38.2 Å². The van der Waals surface area contributed by atoms with E-state index >= 15 is 0 Å². The van der Waals surface area contributed by atoms with E-state index in [-0.39, 0.29) is 0 Å². The molecule has 0 unspecified atom stereocenters. The van der Waals surface area contributed by atoms with Gasteiger partial charge in [-0.3, -0.25) is 0 Å². The lowest BCUT2D eigenvalue weighted by atomic mass is 9.87. The van der Waals surface area contributed by atoms with E-state index in [0.29, 0.717) is 18.4 Å². The van der Waals surface area contributed by atoms with E-state index in [1.165, 1.54) is 37.8 Å². The van der Waals surface area contributed by atoms with Gasteiger partial charge in [0.25, 0.3) is 0 Å². The van der Waals surface area contributed by atoms with Crippen molar-refractivity contribution in [2.24, 2.45) is 5.92 Å². The molecule has 1 saturated carbocycles. The van der Waals surface area contributed by atoms with Crippen LogP contribution >= 0.6 is 0 Å². The molecule has 0 amide bonds. The van der Waals surface area contributed by atoms with E-state index in [4.69, 9.17) is 4.74 Å². The summed E-state index contributed by atoms with van der Waals surface area (Å²) < 4.78 is 42.7. The van der Waals surface area contributed by atoms with Crippen molar-refractivity contribution in [3.8, 4) is 5.75 Å². The number of nitrogens with one attached hydrogen (secondary N) is 1. The number of hydrogen-bond donors (Lipinski definition) is 1. The number of benzene rings is 1. The van der Waals surface area contributed by atoms with E-state index in [2.05, 4.69) is 12.2 Å². The summed E-state index contributed by atoms with van der Waals surface area (Å²) in [6, 6.07) is 5.38. The Balaban J connectivity index is 1.67. The Morgan fingerprint density at radius 1 is 1.10 bits per heavy atom. The molecular weight excluding hydrogens is 279 g/mol. The summed E-state index contributed by atoms with van der Waals surface area (Å²) in [6.07, 6.45) is 0.621. The smallest absolute Gasteiger partial charge is 0.416 e. The van der Waals surface area contributed by atoms with E-state index in [9.17, 15) is 13.2 Å². The predicted molar refractivity (Wildman–Crippen MR) is 76.4 cm³/mol. The Hall–Kier alpha value is -1.23. The molecular formula is C16H22F3NO. The fraction of sp³-hybridized carbons (Fsp3) is 0.625. The van der Waals surface area contributed by atoms with Crippen LogP contribution in [0.5, 0.6) is 5.75 Å². The summed E-state index contributed by atoms with van der Waals surface area (Å²) >= 11 is 0. The number of hydrogen-bond acceptors (Lipinski definition) is 2. The Morgan fingerprint density at radius 3 is 2.29 bits per heavy atom. The van der Waals surface area contributed by atoms with Gasteiger partial charge in [-0.05, 0) is 55.9 Å².